The molecule has 0 aliphatic heterocycles. The van der Waals surface area contributed by atoms with Crippen LogP contribution in [-0.2, 0) is 9.53 Å². The van der Waals surface area contributed by atoms with E-state index < -0.39 is 5.25 Å². The van der Waals surface area contributed by atoms with Crippen molar-refractivity contribution in [1.82, 2.24) is 10.2 Å². The van der Waals surface area contributed by atoms with E-state index in [9.17, 15) is 4.79 Å². The van der Waals surface area contributed by atoms with E-state index in [2.05, 4.69) is 15.5 Å². The number of rotatable bonds is 6. The van der Waals surface area contributed by atoms with Crippen molar-refractivity contribution in [3.05, 3.63) is 34.9 Å². The van der Waals surface area contributed by atoms with Crippen LogP contribution in [0.2, 0.25) is 5.02 Å². The molecular formula is C14H14ClN3O2S2. The molecule has 0 bridgehead atoms. The third-order valence-electron chi connectivity index (χ3n) is 3.13. The van der Waals surface area contributed by atoms with Crippen LogP contribution in [0.25, 0.3) is 0 Å². The van der Waals surface area contributed by atoms with Gasteiger partial charge in [0, 0.05) is 11.1 Å². The van der Waals surface area contributed by atoms with Crippen LogP contribution >= 0.6 is 34.7 Å². The monoisotopic (exact) mass is 355 g/mol. The largest absolute Gasteiger partial charge is 0.468 e. The van der Waals surface area contributed by atoms with E-state index in [1.807, 2.05) is 18.2 Å². The lowest BCUT2D eigenvalue weighted by Gasteiger charge is -2.14. The molecule has 0 saturated heterocycles. The Morgan fingerprint density at radius 2 is 2.23 bits per heavy atom. The van der Waals surface area contributed by atoms with Crippen molar-refractivity contribution in [2.75, 3.05) is 12.4 Å². The second kappa shape index (κ2) is 6.85. The highest BCUT2D eigenvalue weighted by Crippen LogP contribution is 2.41. The van der Waals surface area contributed by atoms with Crippen LogP contribution < -0.4 is 5.32 Å². The fourth-order valence-corrected chi connectivity index (χ4v) is 4.25. The molecule has 3 rings (SSSR count). The molecule has 1 aromatic carbocycles. The van der Waals surface area contributed by atoms with Crippen molar-refractivity contribution < 1.29 is 9.53 Å². The first-order chi connectivity index (χ1) is 10.7. The van der Waals surface area contributed by atoms with Gasteiger partial charge in [0.05, 0.1) is 7.11 Å². The molecule has 116 valence electrons. The Bertz CT molecular complexity index is 676. The third kappa shape index (κ3) is 3.71. The number of methoxy groups -OCH3 is 1. The molecule has 8 heteroatoms. The first-order valence-corrected chi connectivity index (χ1v) is 8.83. The number of anilines is 1. The van der Waals surface area contributed by atoms with Gasteiger partial charge in [0.25, 0.3) is 0 Å². The maximum Gasteiger partial charge on any atom is 0.323 e. The summed E-state index contributed by atoms with van der Waals surface area (Å²) in [5.41, 5.74) is 0.716. The number of halogens is 1. The highest BCUT2D eigenvalue weighted by Gasteiger charge is 2.27. The Labute approximate surface area is 141 Å². The van der Waals surface area contributed by atoms with E-state index in [-0.39, 0.29) is 5.97 Å². The van der Waals surface area contributed by atoms with E-state index in [1.165, 1.54) is 43.1 Å². The number of thioether (sulfide) groups is 1. The van der Waals surface area contributed by atoms with Gasteiger partial charge >= 0.3 is 5.97 Å². The molecule has 1 atom stereocenters. The van der Waals surface area contributed by atoms with Crippen LogP contribution in [0.5, 0.6) is 0 Å². The number of hydrogen-bond acceptors (Lipinski definition) is 7. The summed E-state index contributed by atoms with van der Waals surface area (Å²) in [7, 11) is 1.37. The number of benzene rings is 1. The molecule has 0 amide bonds. The average molecular weight is 356 g/mol. The summed E-state index contributed by atoms with van der Waals surface area (Å²) in [6.07, 6.45) is 2.35. The molecule has 0 spiro atoms. The van der Waals surface area contributed by atoms with Gasteiger partial charge in [-0.3, -0.25) is 4.79 Å². The predicted octanol–water partition coefficient (Wildman–Crippen LogP) is 3.77. The minimum atomic E-state index is -0.555. The molecule has 2 aromatic rings. The van der Waals surface area contributed by atoms with Crippen LogP contribution in [0.3, 0.4) is 0 Å². The van der Waals surface area contributed by atoms with Gasteiger partial charge in [0.15, 0.2) is 4.34 Å². The van der Waals surface area contributed by atoms with Gasteiger partial charge in [-0.05, 0) is 24.5 Å². The van der Waals surface area contributed by atoms with Crippen molar-refractivity contribution in [3.8, 4) is 0 Å². The highest BCUT2D eigenvalue weighted by atomic mass is 35.5. The van der Waals surface area contributed by atoms with Gasteiger partial charge in [-0.25, -0.2) is 0 Å². The van der Waals surface area contributed by atoms with Crippen molar-refractivity contribution in [3.63, 3.8) is 0 Å². The number of carbonyl (C=O) groups is 1. The summed E-state index contributed by atoms with van der Waals surface area (Å²) in [6, 6.07) is 7.77. The van der Waals surface area contributed by atoms with Crippen LogP contribution in [0.1, 0.15) is 23.7 Å². The van der Waals surface area contributed by atoms with Gasteiger partial charge in [-0.15, -0.1) is 10.2 Å². The zero-order valence-corrected chi connectivity index (χ0v) is 14.2. The number of ether oxygens (including phenoxy) is 1. The van der Waals surface area contributed by atoms with Gasteiger partial charge in [-0.1, -0.05) is 52.9 Å². The maximum atomic E-state index is 12.1. The molecule has 1 fully saturated rings. The Kier molecular flexibility index (Phi) is 4.85. The highest BCUT2D eigenvalue weighted by molar-refractivity contribution is 8.01. The molecule has 1 heterocycles. The smallest absolute Gasteiger partial charge is 0.323 e. The number of hydrogen-bond donors (Lipinski definition) is 1. The summed E-state index contributed by atoms with van der Waals surface area (Å²) in [6.45, 7) is 0. The van der Waals surface area contributed by atoms with E-state index in [4.69, 9.17) is 16.3 Å². The normalized spacial score (nSPS) is 15.4. The second-order valence-corrected chi connectivity index (χ2v) is 7.57. The SMILES string of the molecule is COC(=O)[C@@H](Sc1nnc(NC2CC2)s1)c1ccccc1Cl. The first kappa shape index (κ1) is 15.6. The van der Waals surface area contributed by atoms with Crippen LogP contribution in [0, 0.1) is 0 Å². The molecule has 1 aromatic heterocycles. The standard InChI is InChI=1S/C14H14ClN3O2S2/c1-20-12(19)11(9-4-2-3-5-10(9)15)21-14-18-17-13(22-14)16-8-6-7-8/h2-5,8,11H,6-7H2,1H3,(H,16,17)/t11-/m0/s1. The van der Waals surface area contributed by atoms with E-state index >= 15 is 0 Å². The molecule has 0 radical (unpaired) electrons. The van der Waals surface area contributed by atoms with Gasteiger partial charge in [0.2, 0.25) is 5.13 Å². The molecular weight excluding hydrogens is 342 g/mol. The fourth-order valence-electron chi connectivity index (χ4n) is 1.85. The number of nitrogens with one attached hydrogen (secondary N) is 1. The molecule has 5 nitrogen and oxygen atoms in total. The summed E-state index contributed by atoms with van der Waals surface area (Å²) in [4.78, 5) is 12.1. The van der Waals surface area contributed by atoms with E-state index in [0.29, 0.717) is 21.0 Å². The summed E-state index contributed by atoms with van der Waals surface area (Å²) in [5, 5.41) is 12.3. The minimum Gasteiger partial charge on any atom is -0.468 e. The van der Waals surface area contributed by atoms with Crippen molar-refractivity contribution in [2.45, 2.75) is 28.5 Å². The molecule has 0 unspecified atom stereocenters. The number of carbonyl (C=O) groups excluding carboxylic acids is 1. The summed E-state index contributed by atoms with van der Waals surface area (Å²) in [5.74, 6) is -0.356. The molecule has 1 N–H and O–H groups in total. The topological polar surface area (TPSA) is 64.1 Å². The molecule has 1 aliphatic carbocycles. The van der Waals surface area contributed by atoms with E-state index in [1.54, 1.807) is 6.07 Å². The van der Waals surface area contributed by atoms with Crippen LogP contribution in [-0.4, -0.2) is 29.3 Å². The predicted molar refractivity (Wildman–Crippen MR) is 88.6 cm³/mol. The average Bonchev–Trinajstić information content (AvgIpc) is 3.23. The molecule has 1 aliphatic rings. The maximum absolute atomic E-state index is 12.1. The lowest BCUT2D eigenvalue weighted by molar-refractivity contribution is -0.140. The van der Waals surface area contributed by atoms with Gasteiger partial charge < -0.3 is 10.1 Å². The van der Waals surface area contributed by atoms with Gasteiger partial charge in [-0.2, -0.15) is 0 Å². The quantitative estimate of drug-likeness (QED) is 0.628. The van der Waals surface area contributed by atoms with Crippen molar-refractivity contribution in [1.29, 1.82) is 0 Å². The number of nitrogens with zero attached hydrogens (tertiary/aromatic N) is 2. The minimum absolute atomic E-state index is 0.356. The first-order valence-electron chi connectivity index (χ1n) is 6.76. The summed E-state index contributed by atoms with van der Waals surface area (Å²) < 4.78 is 5.60. The van der Waals surface area contributed by atoms with Crippen molar-refractivity contribution in [2.24, 2.45) is 0 Å². The Morgan fingerprint density at radius 3 is 2.91 bits per heavy atom. The number of aromatic nitrogens is 2. The third-order valence-corrected chi connectivity index (χ3v) is 5.63. The fraction of sp³-hybridized carbons (Fsp3) is 0.357. The second-order valence-electron chi connectivity index (χ2n) is 4.83. The van der Waals surface area contributed by atoms with Crippen molar-refractivity contribution >= 4 is 45.8 Å². The van der Waals surface area contributed by atoms with Gasteiger partial charge in [0.1, 0.15) is 5.25 Å². The zero-order chi connectivity index (χ0) is 15.5. The Morgan fingerprint density at radius 1 is 1.45 bits per heavy atom. The van der Waals surface area contributed by atoms with E-state index in [0.717, 1.165) is 5.13 Å². The van der Waals surface area contributed by atoms with Crippen LogP contribution in [0.4, 0.5) is 5.13 Å². The summed E-state index contributed by atoms with van der Waals surface area (Å²) >= 11 is 8.94. The lowest BCUT2D eigenvalue weighted by Crippen LogP contribution is -2.11. The molecule has 22 heavy (non-hydrogen) atoms. The number of esters is 1. The van der Waals surface area contributed by atoms with Crippen LogP contribution in [0.15, 0.2) is 28.6 Å². The Hall–Kier alpha value is -1.31. The lowest BCUT2D eigenvalue weighted by atomic mass is 10.1. The Balaban J connectivity index is 1.79. The molecule has 1 saturated carbocycles. The zero-order valence-electron chi connectivity index (χ0n) is 11.8.